The van der Waals surface area contributed by atoms with Crippen molar-refractivity contribution in [3.8, 4) is 0 Å². The predicted octanol–water partition coefficient (Wildman–Crippen LogP) is 2.63. The first-order chi connectivity index (χ1) is 9.73. The van der Waals surface area contributed by atoms with E-state index in [1.165, 1.54) is 4.31 Å². The Morgan fingerprint density at radius 3 is 2.62 bits per heavy atom. The molecule has 0 radical (unpaired) electrons. The van der Waals surface area contributed by atoms with Crippen LogP contribution in [0.15, 0.2) is 27.6 Å². The van der Waals surface area contributed by atoms with E-state index in [1.807, 2.05) is 6.92 Å². The van der Waals surface area contributed by atoms with Crippen LogP contribution in [0.4, 0.5) is 0 Å². The number of rotatable bonds is 3. The lowest BCUT2D eigenvalue weighted by atomic mass is 9.96. The maximum absolute atomic E-state index is 12.8. The van der Waals surface area contributed by atoms with Crippen molar-refractivity contribution in [2.24, 2.45) is 5.92 Å². The Labute approximate surface area is 133 Å². The Morgan fingerprint density at radius 1 is 1.38 bits per heavy atom. The van der Waals surface area contributed by atoms with E-state index in [4.69, 9.17) is 5.11 Å². The number of piperidine rings is 1. The second-order valence-electron chi connectivity index (χ2n) is 5.45. The minimum atomic E-state index is -3.68. The number of carboxylic acid groups (broad SMARTS) is 1. The molecule has 0 saturated carbocycles. The average Bonchev–Trinajstić information content (AvgIpc) is 2.38. The molecule has 1 saturated heterocycles. The quantitative estimate of drug-likeness (QED) is 0.880. The minimum absolute atomic E-state index is 0.0360. The van der Waals surface area contributed by atoms with E-state index in [1.54, 1.807) is 25.1 Å². The third-order valence-electron chi connectivity index (χ3n) is 3.90. The first-order valence-corrected chi connectivity index (χ1v) is 8.97. The van der Waals surface area contributed by atoms with Gasteiger partial charge in [0.15, 0.2) is 0 Å². The Hall–Kier alpha value is -0.920. The molecule has 2 atom stereocenters. The molecule has 1 aromatic rings. The van der Waals surface area contributed by atoms with Crippen LogP contribution in [0.25, 0.3) is 0 Å². The normalized spacial score (nSPS) is 24.0. The molecular formula is C14H18BrNO4S. The van der Waals surface area contributed by atoms with Crippen LogP contribution in [0.5, 0.6) is 0 Å². The van der Waals surface area contributed by atoms with Gasteiger partial charge >= 0.3 is 5.97 Å². The summed E-state index contributed by atoms with van der Waals surface area (Å²) in [5, 5.41) is 9.14. The monoisotopic (exact) mass is 375 g/mol. The van der Waals surface area contributed by atoms with E-state index in [2.05, 4.69) is 15.9 Å². The standard InChI is InChI=1S/C14H18BrNO4S/c1-9-7-12(15)5-6-13(9)21(19,20)16-8-11(14(17)18)4-3-10(16)2/h5-7,10-11H,3-4,8H2,1-2H3,(H,17,18). The van der Waals surface area contributed by atoms with E-state index >= 15 is 0 Å². The molecule has 2 rings (SSSR count). The Bertz CT molecular complexity index is 659. The van der Waals surface area contributed by atoms with Crippen molar-refractivity contribution in [1.82, 2.24) is 4.31 Å². The lowest BCUT2D eigenvalue weighted by molar-refractivity contribution is -0.143. The smallest absolute Gasteiger partial charge is 0.307 e. The summed E-state index contributed by atoms with van der Waals surface area (Å²) in [5.41, 5.74) is 0.647. The highest BCUT2D eigenvalue weighted by molar-refractivity contribution is 9.10. The van der Waals surface area contributed by atoms with Gasteiger partial charge in [0.25, 0.3) is 0 Å². The topological polar surface area (TPSA) is 74.7 Å². The maximum atomic E-state index is 12.8. The lowest BCUT2D eigenvalue weighted by Gasteiger charge is -2.35. The van der Waals surface area contributed by atoms with Crippen molar-refractivity contribution in [3.05, 3.63) is 28.2 Å². The molecule has 21 heavy (non-hydrogen) atoms. The SMILES string of the molecule is Cc1cc(Br)ccc1S(=O)(=O)N1CC(C(=O)O)CCC1C. The third kappa shape index (κ3) is 3.30. The summed E-state index contributed by atoms with van der Waals surface area (Å²) in [4.78, 5) is 11.4. The molecule has 0 aromatic heterocycles. The molecule has 7 heteroatoms. The Kier molecular flexibility index (Phi) is 4.75. The van der Waals surface area contributed by atoms with Gasteiger partial charge in [0.2, 0.25) is 10.0 Å². The molecule has 1 heterocycles. The number of halogens is 1. The number of benzene rings is 1. The van der Waals surface area contributed by atoms with Gasteiger partial charge in [0.1, 0.15) is 0 Å². The number of carbonyl (C=O) groups is 1. The summed E-state index contributed by atoms with van der Waals surface area (Å²) in [5.74, 6) is -1.57. The Morgan fingerprint density at radius 2 is 2.05 bits per heavy atom. The van der Waals surface area contributed by atoms with E-state index in [0.29, 0.717) is 18.4 Å². The molecule has 1 aliphatic heterocycles. The molecule has 0 aliphatic carbocycles. The van der Waals surface area contributed by atoms with Crippen molar-refractivity contribution in [3.63, 3.8) is 0 Å². The zero-order chi connectivity index (χ0) is 15.8. The molecule has 0 amide bonds. The highest BCUT2D eigenvalue weighted by Crippen LogP contribution is 2.30. The summed E-state index contributed by atoms with van der Waals surface area (Å²) >= 11 is 3.31. The number of sulfonamides is 1. The molecule has 5 nitrogen and oxygen atoms in total. The molecule has 2 unspecified atom stereocenters. The maximum Gasteiger partial charge on any atom is 0.307 e. The summed E-state index contributed by atoms with van der Waals surface area (Å²) in [6.07, 6.45) is 1.08. The molecular weight excluding hydrogens is 358 g/mol. The predicted molar refractivity (Wildman–Crippen MR) is 82.6 cm³/mol. The van der Waals surface area contributed by atoms with Crippen molar-refractivity contribution in [2.45, 2.75) is 37.6 Å². The van der Waals surface area contributed by atoms with Gasteiger partial charge in [0, 0.05) is 17.1 Å². The summed E-state index contributed by atoms with van der Waals surface area (Å²) in [7, 11) is -3.68. The van der Waals surface area contributed by atoms with E-state index in [0.717, 1.165) is 4.47 Å². The van der Waals surface area contributed by atoms with Gasteiger partial charge in [-0.3, -0.25) is 4.79 Å². The number of hydrogen-bond donors (Lipinski definition) is 1. The van der Waals surface area contributed by atoms with Gasteiger partial charge < -0.3 is 5.11 Å². The van der Waals surface area contributed by atoms with Crippen LogP contribution in [-0.4, -0.2) is 36.4 Å². The van der Waals surface area contributed by atoms with E-state index < -0.39 is 21.9 Å². The fraction of sp³-hybridized carbons (Fsp3) is 0.500. The van der Waals surface area contributed by atoms with E-state index in [9.17, 15) is 13.2 Å². The first-order valence-electron chi connectivity index (χ1n) is 6.74. The van der Waals surface area contributed by atoms with Gasteiger partial charge in [-0.05, 0) is 50.5 Å². The molecule has 0 bridgehead atoms. The second-order valence-corrected chi connectivity index (χ2v) is 8.22. The summed E-state index contributed by atoms with van der Waals surface area (Å²) in [6.45, 7) is 3.60. The van der Waals surface area contributed by atoms with Gasteiger partial charge in [0.05, 0.1) is 10.8 Å². The Balaban J connectivity index is 2.39. The van der Waals surface area contributed by atoms with Crippen LogP contribution in [0, 0.1) is 12.8 Å². The highest BCUT2D eigenvalue weighted by atomic mass is 79.9. The molecule has 1 fully saturated rings. The number of carboxylic acids is 1. The fourth-order valence-corrected chi connectivity index (χ4v) is 5.03. The van der Waals surface area contributed by atoms with Gasteiger partial charge in [-0.15, -0.1) is 0 Å². The highest BCUT2D eigenvalue weighted by Gasteiger charge is 2.37. The fourth-order valence-electron chi connectivity index (χ4n) is 2.64. The van der Waals surface area contributed by atoms with Gasteiger partial charge in [-0.1, -0.05) is 15.9 Å². The number of aryl methyl sites for hydroxylation is 1. The van der Waals surface area contributed by atoms with Crippen LogP contribution in [-0.2, 0) is 14.8 Å². The van der Waals surface area contributed by atoms with E-state index in [-0.39, 0.29) is 17.5 Å². The van der Waals surface area contributed by atoms with Gasteiger partial charge in [-0.2, -0.15) is 4.31 Å². The lowest BCUT2D eigenvalue weighted by Crippen LogP contribution is -2.47. The molecule has 116 valence electrons. The van der Waals surface area contributed by atoms with Crippen LogP contribution < -0.4 is 0 Å². The molecule has 1 aliphatic rings. The molecule has 1 aromatic carbocycles. The van der Waals surface area contributed by atoms with Crippen molar-refractivity contribution < 1.29 is 18.3 Å². The number of hydrogen-bond acceptors (Lipinski definition) is 3. The number of aliphatic carboxylic acids is 1. The largest absolute Gasteiger partial charge is 0.481 e. The van der Waals surface area contributed by atoms with Crippen LogP contribution in [0.2, 0.25) is 0 Å². The molecule has 0 spiro atoms. The zero-order valence-corrected chi connectivity index (χ0v) is 14.3. The van der Waals surface area contributed by atoms with Crippen molar-refractivity contribution >= 4 is 31.9 Å². The second kappa shape index (κ2) is 6.06. The van der Waals surface area contributed by atoms with Gasteiger partial charge in [-0.25, -0.2) is 8.42 Å². The van der Waals surface area contributed by atoms with Crippen molar-refractivity contribution in [1.29, 1.82) is 0 Å². The summed E-state index contributed by atoms with van der Waals surface area (Å²) < 4.78 is 27.8. The molecule has 1 N–H and O–H groups in total. The first kappa shape index (κ1) is 16.5. The third-order valence-corrected chi connectivity index (χ3v) is 6.53. The van der Waals surface area contributed by atoms with Crippen LogP contribution in [0.1, 0.15) is 25.3 Å². The minimum Gasteiger partial charge on any atom is -0.481 e. The van der Waals surface area contributed by atoms with Crippen molar-refractivity contribution in [2.75, 3.05) is 6.54 Å². The average molecular weight is 376 g/mol. The summed E-state index contributed by atoms with van der Waals surface area (Å²) in [6, 6.07) is 4.80. The van der Waals surface area contributed by atoms with Crippen LogP contribution in [0.3, 0.4) is 0 Å². The number of nitrogens with zero attached hydrogens (tertiary/aromatic N) is 1. The zero-order valence-electron chi connectivity index (χ0n) is 11.9. The van der Waals surface area contributed by atoms with Crippen LogP contribution >= 0.6 is 15.9 Å².